The van der Waals surface area contributed by atoms with E-state index in [2.05, 4.69) is 16.2 Å². The first-order valence-electron chi connectivity index (χ1n) is 4.38. The minimum absolute atomic E-state index is 0.867. The van der Waals surface area contributed by atoms with Gasteiger partial charge in [-0.2, -0.15) is 0 Å². The van der Waals surface area contributed by atoms with E-state index in [1.165, 1.54) is 0 Å². The fourth-order valence-corrected chi connectivity index (χ4v) is 1.35. The van der Waals surface area contributed by atoms with Crippen LogP contribution in [0.1, 0.15) is 5.56 Å². The van der Waals surface area contributed by atoms with Gasteiger partial charge in [0.05, 0.1) is 5.52 Å². The molecule has 0 saturated heterocycles. The van der Waals surface area contributed by atoms with Crippen molar-refractivity contribution in [2.45, 2.75) is 0 Å². The molecule has 2 nitrogen and oxygen atoms in total. The molecule has 0 radical (unpaired) electrons. The molecule has 1 aromatic heterocycles. The number of hydrogen-bond acceptors (Lipinski definition) is 2. The van der Waals surface area contributed by atoms with Crippen LogP contribution in [0.25, 0.3) is 10.9 Å². The predicted molar refractivity (Wildman–Crippen MR) is 59.2 cm³/mol. The Morgan fingerprint density at radius 2 is 2.14 bits per heavy atom. The predicted octanol–water partition coefficient (Wildman–Crippen LogP) is 2.26. The first-order chi connectivity index (χ1) is 6.83. The number of rotatable bonds is 1. The van der Waals surface area contributed by atoms with E-state index in [0.717, 1.165) is 22.3 Å². The zero-order chi connectivity index (χ0) is 9.97. The molecule has 0 amide bonds. The molecule has 68 valence electrons. The molecule has 14 heavy (non-hydrogen) atoms. The maximum atomic E-state index is 5.31. The number of pyridine rings is 1. The van der Waals surface area contributed by atoms with Gasteiger partial charge in [-0.15, -0.1) is 6.42 Å². The van der Waals surface area contributed by atoms with Gasteiger partial charge >= 0.3 is 0 Å². The molecule has 0 saturated carbocycles. The SMILES string of the molecule is C#Cc1ccc2nc(NC)ccc2c1. The zero-order valence-electron chi connectivity index (χ0n) is 7.91. The summed E-state index contributed by atoms with van der Waals surface area (Å²) in [6.07, 6.45) is 5.31. The normalized spacial score (nSPS) is 9.71. The number of fused-ring (bicyclic) bond motifs is 1. The number of nitrogens with one attached hydrogen (secondary N) is 1. The molecular formula is C12H10N2. The Hall–Kier alpha value is -2.01. The summed E-state index contributed by atoms with van der Waals surface area (Å²) in [5, 5.41) is 4.07. The Labute approximate surface area is 83.0 Å². The molecule has 0 bridgehead atoms. The van der Waals surface area contributed by atoms with Crippen LogP contribution in [0.2, 0.25) is 0 Å². The molecule has 2 rings (SSSR count). The lowest BCUT2D eigenvalue weighted by Gasteiger charge is -2.01. The monoisotopic (exact) mass is 182 g/mol. The number of nitrogens with zero attached hydrogens (tertiary/aromatic N) is 1. The second-order valence-corrected chi connectivity index (χ2v) is 3.00. The van der Waals surface area contributed by atoms with Gasteiger partial charge < -0.3 is 5.32 Å². The number of benzene rings is 1. The average molecular weight is 182 g/mol. The summed E-state index contributed by atoms with van der Waals surface area (Å²) in [4.78, 5) is 4.39. The van der Waals surface area contributed by atoms with Gasteiger partial charge in [0.25, 0.3) is 0 Å². The Morgan fingerprint density at radius 3 is 2.86 bits per heavy atom. The summed E-state index contributed by atoms with van der Waals surface area (Å²) in [7, 11) is 1.85. The molecule has 2 heteroatoms. The highest BCUT2D eigenvalue weighted by Gasteiger charge is 1.97. The summed E-state index contributed by atoms with van der Waals surface area (Å²) in [6.45, 7) is 0. The summed E-state index contributed by atoms with van der Waals surface area (Å²) in [5.41, 5.74) is 1.84. The van der Waals surface area contributed by atoms with E-state index in [1.807, 2.05) is 37.4 Å². The van der Waals surface area contributed by atoms with Crippen LogP contribution in [0.15, 0.2) is 30.3 Å². The van der Waals surface area contributed by atoms with Gasteiger partial charge in [0, 0.05) is 18.0 Å². The zero-order valence-corrected chi connectivity index (χ0v) is 7.91. The standard InChI is InChI=1S/C12H10N2/c1-3-9-4-6-11-10(8-9)5-7-12(13-2)14-11/h1,4-8H,2H3,(H,13,14). The molecule has 0 aliphatic rings. The van der Waals surface area contributed by atoms with E-state index in [4.69, 9.17) is 6.42 Å². The molecule has 0 atom stereocenters. The lowest BCUT2D eigenvalue weighted by atomic mass is 10.1. The van der Waals surface area contributed by atoms with Gasteiger partial charge in [-0.1, -0.05) is 5.92 Å². The van der Waals surface area contributed by atoms with Crippen LogP contribution in [0, 0.1) is 12.3 Å². The lowest BCUT2D eigenvalue weighted by molar-refractivity contribution is 1.34. The summed E-state index contributed by atoms with van der Waals surface area (Å²) < 4.78 is 0. The third-order valence-electron chi connectivity index (χ3n) is 2.11. The fraction of sp³-hybridized carbons (Fsp3) is 0.0833. The largest absolute Gasteiger partial charge is 0.373 e. The number of terminal acetylenes is 1. The first kappa shape index (κ1) is 8.58. The van der Waals surface area contributed by atoms with Crippen LogP contribution in [-0.2, 0) is 0 Å². The average Bonchev–Trinajstić information content (AvgIpc) is 2.27. The van der Waals surface area contributed by atoms with Crippen molar-refractivity contribution >= 4 is 16.7 Å². The highest BCUT2D eigenvalue weighted by Crippen LogP contribution is 2.16. The van der Waals surface area contributed by atoms with Crippen LogP contribution >= 0.6 is 0 Å². The first-order valence-corrected chi connectivity index (χ1v) is 4.38. The van der Waals surface area contributed by atoms with Gasteiger partial charge in [0.15, 0.2) is 0 Å². The van der Waals surface area contributed by atoms with Gasteiger partial charge in [-0.05, 0) is 30.3 Å². The van der Waals surface area contributed by atoms with Crippen LogP contribution in [0.5, 0.6) is 0 Å². The Balaban J connectivity index is 2.64. The van der Waals surface area contributed by atoms with Crippen LogP contribution in [0.3, 0.4) is 0 Å². The molecular weight excluding hydrogens is 172 g/mol. The van der Waals surface area contributed by atoms with Crippen molar-refractivity contribution in [3.63, 3.8) is 0 Å². The maximum absolute atomic E-state index is 5.31. The highest BCUT2D eigenvalue weighted by molar-refractivity contribution is 5.81. The van der Waals surface area contributed by atoms with E-state index in [0.29, 0.717) is 0 Å². The van der Waals surface area contributed by atoms with Gasteiger partial charge in [0.2, 0.25) is 0 Å². The summed E-state index contributed by atoms with van der Waals surface area (Å²) in [6, 6.07) is 9.74. The topological polar surface area (TPSA) is 24.9 Å². The second-order valence-electron chi connectivity index (χ2n) is 3.00. The summed E-state index contributed by atoms with van der Waals surface area (Å²) in [5.74, 6) is 3.47. The van der Waals surface area contributed by atoms with E-state index in [1.54, 1.807) is 0 Å². The Bertz CT molecular complexity index is 509. The van der Waals surface area contributed by atoms with Gasteiger partial charge in [-0.25, -0.2) is 4.98 Å². The molecule has 0 aliphatic carbocycles. The molecule has 0 spiro atoms. The Morgan fingerprint density at radius 1 is 1.29 bits per heavy atom. The fourth-order valence-electron chi connectivity index (χ4n) is 1.35. The third kappa shape index (κ3) is 1.40. The van der Waals surface area contributed by atoms with Crippen molar-refractivity contribution < 1.29 is 0 Å². The van der Waals surface area contributed by atoms with Crippen molar-refractivity contribution in [3.8, 4) is 12.3 Å². The number of anilines is 1. The smallest absolute Gasteiger partial charge is 0.126 e. The highest BCUT2D eigenvalue weighted by atomic mass is 15.0. The molecule has 1 N–H and O–H groups in total. The molecule has 1 aromatic carbocycles. The number of aromatic nitrogens is 1. The Kier molecular flexibility index (Phi) is 2.08. The third-order valence-corrected chi connectivity index (χ3v) is 2.11. The van der Waals surface area contributed by atoms with Crippen molar-refractivity contribution in [2.24, 2.45) is 0 Å². The number of hydrogen-bond donors (Lipinski definition) is 1. The van der Waals surface area contributed by atoms with E-state index < -0.39 is 0 Å². The lowest BCUT2D eigenvalue weighted by Crippen LogP contribution is -1.91. The summed E-state index contributed by atoms with van der Waals surface area (Å²) >= 11 is 0. The quantitative estimate of drug-likeness (QED) is 0.684. The molecule has 0 fully saturated rings. The van der Waals surface area contributed by atoms with Gasteiger partial charge in [0.1, 0.15) is 5.82 Å². The van der Waals surface area contributed by atoms with Crippen LogP contribution in [0.4, 0.5) is 5.82 Å². The molecule has 1 heterocycles. The van der Waals surface area contributed by atoms with Crippen LogP contribution < -0.4 is 5.32 Å². The van der Waals surface area contributed by atoms with Crippen molar-refractivity contribution in [2.75, 3.05) is 12.4 Å². The molecule has 0 aliphatic heterocycles. The molecule has 0 unspecified atom stereocenters. The van der Waals surface area contributed by atoms with E-state index in [-0.39, 0.29) is 0 Å². The molecule has 2 aromatic rings. The van der Waals surface area contributed by atoms with Crippen molar-refractivity contribution in [1.82, 2.24) is 4.98 Å². The maximum Gasteiger partial charge on any atom is 0.126 e. The van der Waals surface area contributed by atoms with Crippen molar-refractivity contribution in [3.05, 3.63) is 35.9 Å². The van der Waals surface area contributed by atoms with Crippen LogP contribution in [-0.4, -0.2) is 12.0 Å². The minimum atomic E-state index is 0.867. The van der Waals surface area contributed by atoms with Crippen molar-refractivity contribution in [1.29, 1.82) is 0 Å². The van der Waals surface area contributed by atoms with E-state index in [9.17, 15) is 0 Å². The second kappa shape index (κ2) is 3.39. The van der Waals surface area contributed by atoms with E-state index >= 15 is 0 Å². The van der Waals surface area contributed by atoms with Gasteiger partial charge in [-0.3, -0.25) is 0 Å². The minimum Gasteiger partial charge on any atom is -0.373 e.